The number of carbonyl (C=O) groups is 1. The highest BCUT2D eigenvalue weighted by molar-refractivity contribution is 7.80. The van der Waals surface area contributed by atoms with Crippen LogP contribution in [0.5, 0.6) is 5.75 Å². The Morgan fingerprint density at radius 3 is 2.78 bits per heavy atom. The number of nitrogens with zero attached hydrogens (tertiary/aromatic N) is 1. The number of hydrogen-bond acceptors (Lipinski definition) is 4. The Labute approximate surface area is 163 Å². The third-order valence-corrected chi connectivity index (χ3v) is 4.00. The Hall–Kier alpha value is -2.99. The SMILES string of the molecule is CC(C)COc1cccc(C(=O)NC(=S)Nc2cccc3ncccc23)c1. The van der Waals surface area contributed by atoms with Crippen LogP contribution in [-0.4, -0.2) is 22.6 Å². The molecule has 2 N–H and O–H groups in total. The van der Waals surface area contributed by atoms with Crippen molar-refractivity contribution in [2.24, 2.45) is 5.92 Å². The van der Waals surface area contributed by atoms with Crippen LogP contribution in [0.2, 0.25) is 0 Å². The molecular weight excluding hydrogens is 358 g/mol. The maximum Gasteiger partial charge on any atom is 0.257 e. The largest absolute Gasteiger partial charge is 0.493 e. The van der Waals surface area contributed by atoms with E-state index in [1.54, 1.807) is 24.4 Å². The zero-order valence-corrected chi connectivity index (χ0v) is 16.0. The van der Waals surface area contributed by atoms with Gasteiger partial charge in [0.1, 0.15) is 5.75 Å². The number of hydrogen-bond donors (Lipinski definition) is 2. The summed E-state index contributed by atoms with van der Waals surface area (Å²) in [5, 5.41) is 6.93. The smallest absolute Gasteiger partial charge is 0.257 e. The molecule has 138 valence electrons. The van der Waals surface area contributed by atoms with Gasteiger partial charge in [0.05, 0.1) is 12.1 Å². The molecule has 0 aliphatic heterocycles. The zero-order chi connectivity index (χ0) is 19.2. The first-order valence-corrected chi connectivity index (χ1v) is 9.12. The van der Waals surface area contributed by atoms with Gasteiger partial charge in [-0.1, -0.05) is 26.0 Å². The lowest BCUT2D eigenvalue weighted by atomic mass is 10.2. The molecule has 27 heavy (non-hydrogen) atoms. The third-order valence-electron chi connectivity index (χ3n) is 3.80. The molecule has 1 aromatic heterocycles. The Kier molecular flexibility index (Phi) is 5.98. The van der Waals surface area contributed by atoms with E-state index in [-0.39, 0.29) is 11.0 Å². The fraction of sp³-hybridized carbons (Fsp3) is 0.190. The minimum Gasteiger partial charge on any atom is -0.493 e. The van der Waals surface area contributed by atoms with Gasteiger partial charge in [0, 0.05) is 22.8 Å². The molecule has 3 rings (SSSR count). The van der Waals surface area contributed by atoms with Gasteiger partial charge in [0.25, 0.3) is 5.91 Å². The molecule has 0 aliphatic carbocycles. The number of nitrogens with one attached hydrogen (secondary N) is 2. The normalized spacial score (nSPS) is 10.6. The number of thiocarbonyl (C=S) groups is 1. The molecule has 0 unspecified atom stereocenters. The van der Waals surface area contributed by atoms with Crippen LogP contribution in [-0.2, 0) is 0 Å². The molecule has 0 saturated heterocycles. The second kappa shape index (κ2) is 8.60. The standard InChI is InChI=1S/C21H21N3O2S/c1-14(2)13-26-16-7-3-6-15(12-16)20(25)24-21(27)23-19-10-4-9-18-17(19)8-5-11-22-18/h3-12,14H,13H2,1-2H3,(H2,23,24,25,27). The van der Waals surface area contributed by atoms with Crippen LogP contribution < -0.4 is 15.4 Å². The van der Waals surface area contributed by atoms with Crippen molar-refractivity contribution in [2.45, 2.75) is 13.8 Å². The summed E-state index contributed by atoms with van der Waals surface area (Å²) in [4.78, 5) is 16.8. The summed E-state index contributed by atoms with van der Waals surface area (Å²) in [6, 6.07) is 16.6. The first-order valence-electron chi connectivity index (χ1n) is 8.72. The fourth-order valence-corrected chi connectivity index (χ4v) is 2.73. The van der Waals surface area contributed by atoms with Gasteiger partial charge in [0.15, 0.2) is 5.11 Å². The van der Waals surface area contributed by atoms with E-state index in [2.05, 4.69) is 29.5 Å². The molecule has 0 fully saturated rings. The number of ether oxygens (including phenoxy) is 1. The van der Waals surface area contributed by atoms with Crippen molar-refractivity contribution in [3.05, 3.63) is 66.4 Å². The van der Waals surface area contributed by atoms with Crippen molar-refractivity contribution < 1.29 is 9.53 Å². The summed E-state index contributed by atoms with van der Waals surface area (Å²) in [5.74, 6) is 0.783. The van der Waals surface area contributed by atoms with Gasteiger partial charge in [-0.15, -0.1) is 0 Å². The van der Waals surface area contributed by atoms with Gasteiger partial charge in [-0.05, 0) is 60.6 Å². The molecule has 1 amide bonds. The number of fused-ring (bicyclic) bond motifs is 1. The summed E-state index contributed by atoms with van der Waals surface area (Å²) < 4.78 is 5.67. The molecule has 0 bridgehead atoms. The second-order valence-electron chi connectivity index (χ2n) is 6.52. The number of pyridine rings is 1. The molecule has 3 aromatic rings. The van der Waals surface area contributed by atoms with E-state index in [0.29, 0.717) is 23.8 Å². The predicted octanol–water partition coefficient (Wildman–Crippen LogP) is 4.40. The maximum atomic E-state index is 12.5. The Bertz CT molecular complexity index is 967. The number of benzene rings is 2. The van der Waals surface area contributed by atoms with Crippen molar-refractivity contribution in [3.8, 4) is 5.75 Å². The molecule has 0 spiro atoms. The van der Waals surface area contributed by atoms with Crippen molar-refractivity contribution in [3.63, 3.8) is 0 Å². The number of anilines is 1. The van der Waals surface area contributed by atoms with Gasteiger partial charge in [-0.3, -0.25) is 15.1 Å². The maximum absolute atomic E-state index is 12.5. The van der Waals surface area contributed by atoms with Crippen molar-refractivity contribution in [1.82, 2.24) is 10.3 Å². The average molecular weight is 379 g/mol. The molecular formula is C21H21N3O2S. The molecule has 0 aliphatic rings. The first kappa shape index (κ1) is 18.8. The minimum atomic E-state index is -0.291. The number of carbonyl (C=O) groups excluding carboxylic acids is 1. The fourth-order valence-electron chi connectivity index (χ4n) is 2.53. The quantitative estimate of drug-likeness (QED) is 0.644. The van der Waals surface area contributed by atoms with Gasteiger partial charge in [-0.25, -0.2) is 0 Å². The number of amides is 1. The van der Waals surface area contributed by atoms with Gasteiger partial charge < -0.3 is 10.1 Å². The van der Waals surface area contributed by atoms with Crippen LogP contribution in [0.3, 0.4) is 0 Å². The van der Waals surface area contributed by atoms with Crippen molar-refractivity contribution in [1.29, 1.82) is 0 Å². The van der Waals surface area contributed by atoms with Gasteiger partial charge >= 0.3 is 0 Å². The van der Waals surface area contributed by atoms with Crippen molar-refractivity contribution >= 4 is 39.8 Å². The monoisotopic (exact) mass is 379 g/mol. The highest BCUT2D eigenvalue weighted by atomic mass is 32.1. The summed E-state index contributed by atoms with van der Waals surface area (Å²) in [6.07, 6.45) is 1.74. The molecule has 0 saturated carbocycles. The predicted molar refractivity (Wildman–Crippen MR) is 112 cm³/mol. The van der Waals surface area contributed by atoms with Crippen LogP contribution in [0.15, 0.2) is 60.8 Å². The lowest BCUT2D eigenvalue weighted by molar-refractivity contribution is 0.0977. The highest BCUT2D eigenvalue weighted by Gasteiger charge is 2.10. The summed E-state index contributed by atoms with van der Waals surface area (Å²) in [6.45, 7) is 4.74. The highest BCUT2D eigenvalue weighted by Crippen LogP contribution is 2.21. The zero-order valence-electron chi connectivity index (χ0n) is 15.2. The molecule has 6 heteroatoms. The molecule has 5 nitrogen and oxygen atoms in total. The van der Waals surface area contributed by atoms with E-state index in [9.17, 15) is 4.79 Å². The summed E-state index contributed by atoms with van der Waals surface area (Å²) in [7, 11) is 0. The van der Waals surface area contributed by atoms with E-state index < -0.39 is 0 Å². The Morgan fingerprint density at radius 1 is 1.15 bits per heavy atom. The molecule has 0 atom stereocenters. The van der Waals surface area contributed by atoms with Crippen LogP contribution in [0, 0.1) is 5.92 Å². The third kappa shape index (κ3) is 5.01. The minimum absolute atomic E-state index is 0.227. The number of aromatic nitrogens is 1. The van der Waals surface area contributed by atoms with Crippen LogP contribution in [0.25, 0.3) is 10.9 Å². The van der Waals surface area contributed by atoms with Gasteiger partial charge in [0.2, 0.25) is 0 Å². The lowest BCUT2D eigenvalue weighted by Crippen LogP contribution is -2.34. The van der Waals surface area contributed by atoms with E-state index in [0.717, 1.165) is 16.6 Å². The van der Waals surface area contributed by atoms with E-state index >= 15 is 0 Å². The Morgan fingerprint density at radius 2 is 1.96 bits per heavy atom. The Balaban J connectivity index is 1.67. The second-order valence-corrected chi connectivity index (χ2v) is 6.92. The van der Waals surface area contributed by atoms with Crippen molar-refractivity contribution in [2.75, 3.05) is 11.9 Å². The average Bonchev–Trinajstić information content (AvgIpc) is 2.67. The van der Waals surface area contributed by atoms with Gasteiger partial charge in [-0.2, -0.15) is 0 Å². The molecule has 2 aromatic carbocycles. The lowest BCUT2D eigenvalue weighted by Gasteiger charge is -2.12. The van der Waals surface area contributed by atoms with E-state index in [4.69, 9.17) is 17.0 Å². The summed E-state index contributed by atoms with van der Waals surface area (Å²) >= 11 is 5.30. The van der Waals surface area contributed by atoms with Crippen LogP contribution >= 0.6 is 12.2 Å². The first-order chi connectivity index (χ1) is 13.0. The molecule has 0 radical (unpaired) electrons. The molecule has 1 heterocycles. The van der Waals surface area contributed by atoms with E-state index in [1.807, 2.05) is 36.4 Å². The van der Waals surface area contributed by atoms with Crippen LogP contribution in [0.1, 0.15) is 24.2 Å². The van der Waals surface area contributed by atoms with Crippen LogP contribution in [0.4, 0.5) is 5.69 Å². The number of rotatable bonds is 5. The summed E-state index contributed by atoms with van der Waals surface area (Å²) in [5.41, 5.74) is 2.13. The van der Waals surface area contributed by atoms with E-state index in [1.165, 1.54) is 0 Å². The topological polar surface area (TPSA) is 63.2 Å².